The Morgan fingerprint density at radius 2 is 2.22 bits per heavy atom. The van der Waals surface area contributed by atoms with Crippen LogP contribution in [-0.4, -0.2) is 61.4 Å². The van der Waals surface area contributed by atoms with E-state index in [2.05, 4.69) is 21.0 Å². The molecule has 1 saturated heterocycles. The largest absolute Gasteiger partial charge is 0.353 e. The van der Waals surface area contributed by atoms with E-state index < -0.39 is 0 Å². The van der Waals surface area contributed by atoms with Gasteiger partial charge in [-0.2, -0.15) is 10.2 Å². The summed E-state index contributed by atoms with van der Waals surface area (Å²) in [6, 6.07) is 2.02. The maximum Gasteiger partial charge on any atom is 0.298 e. The fourth-order valence-corrected chi connectivity index (χ4v) is 3.57. The predicted octanol–water partition coefficient (Wildman–Crippen LogP) is 1.19. The Labute approximate surface area is 157 Å². The number of fused-ring (bicyclic) bond motifs is 1. The van der Waals surface area contributed by atoms with Crippen LogP contribution in [0.3, 0.4) is 0 Å². The standard InChI is InChI=1S/C19H21N7O/c1-4-18(27)24(3)15-6-5-9-25(12-15)19-17-7-8-20-26(17)13-16(22-19)14-10-21-23(2)11-14/h1,7-8,10-11,13,15H,5-6,9,12H2,2-3H3. The summed E-state index contributed by atoms with van der Waals surface area (Å²) in [4.78, 5) is 20.7. The maximum atomic E-state index is 11.9. The van der Waals surface area contributed by atoms with E-state index in [1.54, 1.807) is 29.0 Å². The molecule has 0 radical (unpaired) electrons. The fraction of sp³-hybridized carbons (Fsp3) is 0.368. The molecule has 1 fully saturated rings. The Morgan fingerprint density at radius 1 is 1.37 bits per heavy atom. The normalized spacial score (nSPS) is 17.1. The number of terminal acetylenes is 1. The minimum atomic E-state index is -0.284. The van der Waals surface area contributed by atoms with Crippen molar-refractivity contribution in [3.8, 4) is 23.6 Å². The lowest BCUT2D eigenvalue weighted by atomic mass is 10.0. The van der Waals surface area contributed by atoms with Crippen molar-refractivity contribution < 1.29 is 4.79 Å². The van der Waals surface area contributed by atoms with Crippen LogP contribution in [0.5, 0.6) is 0 Å². The van der Waals surface area contributed by atoms with Gasteiger partial charge in [0.25, 0.3) is 5.91 Å². The number of likely N-dealkylation sites (N-methyl/N-ethyl adjacent to an activating group) is 1. The van der Waals surface area contributed by atoms with E-state index in [-0.39, 0.29) is 11.9 Å². The maximum absolute atomic E-state index is 11.9. The second kappa shape index (κ2) is 6.76. The summed E-state index contributed by atoms with van der Waals surface area (Å²) in [7, 11) is 3.65. The molecule has 1 amide bonds. The number of piperidine rings is 1. The summed E-state index contributed by atoms with van der Waals surface area (Å²) < 4.78 is 3.59. The van der Waals surface area contributed by atoms with Crippen molar-refractivity contribution in [3.63, 3.8) is 0 Å². The Morgan fingerprint density at radius 3 is 2.96 bits per heavy atom. The van der Waals surface area contributed by atoms with Gasteiger partial charge in [0.05, 0.1) is 24.3 Å². The number of hydrogen-bond donors (Lipinski definition) is 0. The van der Waals surface area contributed by atoms with E-state index in [4.69, 9.17) is 11.4 Å². The molecule has 3 aromatic heterocycles. The van der Waals surface area contributed by atoms with Crippen LogP contribution in [0, 0.1) is 12.3 Å². The highest BCUT2D eigenvalue weighted by Crippen LogP contribution is 2.28. The van der Waals surface area contributed by atoms with Crippen molar-refractivity contribution in [2.75, 3.05) is 25.0 Å². The van der Waals surface area contributed by atoms with Gasteiger partial charge in [-0.25, -0.2) is 9.50 Å². The number of amides is 1. The second-order valence-electron chi connectivity index (χ2n) is 6.82. The van der Waals surface area contributed by atoms with Crippen molar-refractivity contribution in [1.29, 1.82) is 0 Å². The molecule has 8 heteroatoms. The Kier molecular flexibility index (Phi) is 4.28. The summed E-state index contributed by atoms with van der Waals surface area (Å²) in [6.45, 7) is 1.56. The Hall–Kier alpha value is -3.34. The monoisotopic (exact) mass is 363 g/mol. The van der Waals surface area contributed by atoms with E-state index in [1.807, 2.05) is 30.0 Å². The van der Waals surface area contributed by atoms with Gasteiger partial charge in [-0.3, -0.25) is 9.48 Å². The van der Waals surface area contributed by atoms with Gasteiger partial charge >= 0.3 is 0 Å². The Balaban J connectivity index is 1.71. The molecule has 138 valence electrons. The van der Waals surface area contributed by atoms with Crippen molar-refractivity contribution in [1.82, 2.24) is 29.3 Å². The first-order valence-electron chi connectivity index (χ1n) is 8.88. The molecule has 0 bridgehead atoms. The fourth-order valence-electron chi connectivity index (χ4n) is 3.57. The lowest BCUT2D eigenvalue weighted by Gasteiger charge is -2.37. The number of aromatic nitrogens is 5. The third-order valence-corrected chi connectivity index (χ3v) is 5.06. The smallest absolute Gasteiger partial charge is 0.298 e. The first-order chi connectivity index (χ1) is 13.1. The molecule has 1 aliphatic rings. The third kappa shape index (κ3) is 3.12. The molecule has 0 aromatic carbocycles. The molecule has 1 unspecified atom stereocenters. The minimum absolute atomic E-state index is 0.0640. The number of nitrogens with zero attached hydrogens (tertiary/aromatic N) is 7. The summed E-state index contributed by atoms with van der Waals surface area (Å²) in [5.41, 5.74) is 2.68. The van der Waals surface area contributed by atoms with Gasteiger partial charge in [0.2, 0.25) is 0 Å². The quantitative estimate of drug-likeness (QED) is 0.654. The van der Waals surface area contributed by atoms with E-state index in [0.29, 0.717) is 6.54 Å². The first kappa shape index (κ1) is 17.1. The van der Waals surface area contributed by atoms with Crippen LogP contribution in [0.2, 0.25) is 0 Å². The van der Waals surface area contributed by atoms with Gasteiger partial charge in [-0.1, -0.05) is 0 Å². The number of carbonyl (C=O) groups is 1. The Bertz CT molecular complexity index is 1030. The van der Waals surface area contributed by atoms with Gasteiger partial charge in [-0.15, -0.1) is 6.42 Å². The lowest BCUT2D eigenvalue weighted by molar-refractivity contribution is -0.125. The molecule has 4 heterocycles. The van der Waals surface area contributed by atoms with E-state index >= 15 is 0 Å². The molecular weight excluding hydrogens is 342 g/mol. The molecule has 0 spiro atoms. The number of rotatable bonds is 3. The summed E-state index contributed by atoms with van der Waals surface area (Å²) >= 11 is 0. The SMILES string of the molecule is C#CC(=O)N(C)C1CCCN(c2nc(-c3cnn(C)c3)cn3nccc23)C1. The molecular formula is C19H21N7O. The van der Waals surface area contributed by atoms with E-state index in [0.717, 1.165) is 42.0 Å². The zero-order valence-electron chi connectivity index (χ0n) is 15.4. The number of carbonyl (C=O) groups excluding carboxylic acids is 1. The van der Waals surface area contributed by atoms with Gasteiger partial charge in [-0.05, 0) is 24.8 Å². The molecule has 8 nitrogen and oxygen atoms in total. The molecule has 1 atom stereocenters. The highest BCUT2D eigenvalue weighted by atomic mass is 16.2. The number of aryl methyl sites for hydroxylation is 1. The van der Waals surface area contributed by atoms with Crippen molar-refractivity contribution in [3.05, 3.63) is 30.9 Å². The van der Waals surface area contributed by atoms with Crippen LogP contribution in [0.15, 0.2) is 30.9 Å². The number of anilines is 1. The zero-order chi connectivity index (χ0) is 19.0. The molecule has 0 aliphatic carbocycles. The van der Waals surface area contributed by atoms with Crippen LogP contribution >= 0.6 is 0 Å². The number of hydrogen-bond acceptors (Lipinski definition) is 5. The zero-order valence-corrected chi connectivity index (χ0v) is 15.4. The van der Waals surface area contributed by atoms with Crippen LogP contribution < -0.4 is 4.90 Å². The minimum Gasteiger partial charge on any atom is -0.353 e. The average Bonchev–Trinajstić information content (AvgIpc) is 3.34. The van der Waals surface area contributed by atoms with E-state index in [1.165, 1.54) is 0 Å². The highest BCUT2D eigenvalue weighted by molar-refractivity contribution is 5.93. The van der Waals surface area contributed by atoms with Gasteiger partial charge in [0, 0.05) is 45.0 Å². The van der Waals surface area contributed by atoms with Gasteiger partial charge in [0.1, 0.15) is 5.52 Å². The summed E-state index contributed by atoms with van der Waals surface area (Å²) in [6.07, 6.45) is 14.6. The van der Waals surface area contributed by atoms with Gasteiger partial charge < -0.3 is 9.80 Å². The molecule has 0 saturated carbocycles. The van der Waals surface area contributed by atoms with Gasteiger partial charge in [0.15, 0.2) is 5.82 Å². The highest BCUT2D eigenvalue weighted by Gasteiger charge is 2.27. The molecule has 1 aliphatic heterocycles. The van der Waals surface area contributed by atoms with Crippen molar-refractivity contribution in [2.24, 2.45) is 7.05 Å². The topological polar surface area (TPSA) is 71.6 Å². The van der Waals surface area contributed by atoms with E-state index in [9.17, 15) is 4.79 Å². The second-order valence-corrected chi connectivity index (χ2v) is 6.82. The average molecular weight is 363 g/mol. The van der Waals surface area contributed by atoms with Crippen molar-refractivity contribution >= 4 is 17.2 Å². The lowest BCUT2D eigenvalue weighted by Crippen LogP contribution is -2.48. The summed E-state index contributed by atoms with van der Waals surface area (Å²) in [5.74, 6) is 2.78. The van der Waals surface area contributed by atoms with Crippen LogP contribution in [-0.2, 0) is 11.8 Å². The molecule has 4 rings (SSSR count). The first-order valence-corrected chi connectivity index (χ1v) is 8.88. The third-order valence-electron chi connectivity index (χ3n) is 5.06. The van der Waals surface area contributed by atoms with Crippen LogP contribution in [0.1, 0.15) is 12.8 Å². The van der Waals surface area contributed by atoms with Crippen LogP contribution in [0.25, 0.3) is 16.8 Å². The summed E-state index contributed by atoms with van der Waals surface area (Å²) in [5, 5.41) is 8.63. The van der Waals surface area contributed by atoms with Crippen LogP contribution in [0.4, 0.5) is 5.82 Å². The van der Waals surface area contributed by atoms with Crippen molar-refractivity contribution in [2.45, 2.75) is 18.9 Å². The molecule has 3 aromatic rings. The molecule has 0 N–H and O–H groups in total. The predicted molar refractivity (Wildman–Crippen MR) is 102 cm³/mol. The molecule has 27 heavy (non-hydrogen) atoms.